The molecule has 1 fully saturated rings. The van der Waals surface area contributed by atoms with Crippen LogP contribution < -0.4 is 10.6 Å². The van der Waals surface area contributed by atoms with Gasteiger partial charge in [0, 0.05) is 19.6 Å². The predicted octanol–water partition coefficient (Wildman–Crippen LogP) is 0.291. The predicted molar refractivity (Wildman–Crippen MR) is 62.2 cm³/mol. The lowest BCUT2D eigenvalue weighted by atomic mass is 10.3. The molecule has 5 nitrogen and oxygen atoms in total. The maximum absolute atomic E-state index is 11.9. The van der Waals surface area contributed by atoms with Gasteiger partial charge >= 0.3 is 6.18 Å². The second kappa shape index (κ2) is 5.77. The van der Waals surface area contributed by atoms with Crippen molar-refractivity contribution in [2.75, 3.05) is 25.1 Å². The van der Waals surface area contributed by atoms with E-state index < -0.39 is 22.4 Å². The Kier molecular flexibility index (Phi) is 4.83. The Morgan fingerprint density at radius 1 is 1.44 bits per heavy atom. The molecule has 0 aromatic rings. The molecule has 0 radical (unpaired) electrons. The molecule has 0 aromatic heterocycles. The minimum Gasteiger partial charge on any atom is -0.356 e. The van der Waals surface area contributed by atoms with Crippen molar-refractivity contribution in [1.29, 1.82) is 0 Å². The summed E-state index contributed by atoms with van der Waals surface area (Å²) in [5.74, 6) is 0.290. The zero-order chi connectivity index (χ0) is 13.8. The number of guanidine groups is 1. The summed E-state index contributed by atoms with van der Waals surface area (Å²) in [7, 11) is -1.60. The quantitative estimate of drug-likeness (QED) is 0.578. The van der Waals surface area contributed by atoms with Gasteiger partial charge in [0.15, 0.2) is 15.8 Å². The van der Waals surface area contributed by atoms with E-state index in [0.29, 0.717) is 6.42 Å². The van der Waals surface area contributed by atoms with Crippen LogP contribution in [-0.4, -0.2) is 51.7 Å². The van der Waals surface area contributed by atoms with Crippen molar-refractivity contribution < 1.29 is 21.6 Å². The van der Waals surface area contributed by atoms with Crippen LogP contribution in [0.2, 0.25) is 0 Å². The number of hydrogen-bond acceptors (Lipinski definition) is 3. The standard InChI is InChI=1S/C9H16F3N3O2S/c1-13-8(14-4-3-9(10,11)12)15-7-2-5-18(16,17)6-7/h7H,2-6H2,1H3,(H2,13,14,15). The molecule has 0 spiro atoms. The highest BCUT2D eigenvalue weighted by molar-refractivity contribution is 7.91. The smallest absolute Gasteiger partial charge is 0.356 e. The molecule has 1 aliphatic rings. The van der Waals surface area contributed by atoms with Gasteiger partial charge in [0.2, 0.25) is 0 Å². The van der Waals surface area contributed by atoms with Crippen molar-refractivity contribution in [3.63, 3.8) is 0 Å². The van der Waals surface area contributed by atoms with Crippen LogP contribution >= 0.6 is 0 Å². The molecule has 1 saturated heterocycles. The van der Waals surface area contributed by atoms with Crippen LogP contribution in [0.3, 0.4) is 0 Å². The third kappa shape index (κ3) is 5.56. The van der Waals surface area contributed by atoms with Crippen molar-refractivity contribution in [3.05, 3.63) is 0 Å². The van der Waals surface area contributed by atoms with Crippen molar-refractivity contribution in [3.8, 4) is 0 Å². The molecule has 0 aliphatic carbocycles. The Morgan fingerprint density at radius 2 is 2.11 bits per heavy atom. The second-order valence-electron chi connectivity index (χ2n) is 4.11. The Labute approximate surface area is 104 Å². The van der Waals surface area contributed by atoms with Crippen LogP contribution in [0.1, 0.15) is 12.8 Å². The summed E-state index contributed by atoms with van der Waals surface area (Å²) >= 11 is 0. The van der Waals surface area contributed by atoms with E-state index in [1.54, 1.807) is 0 Å². The van der Waals surface area contributed by atoms with Gasteiger partial charge in [-0.15, -0.1) is 0 Å². The lowest BCUT2D eigenvalue weighted by Crippen LogP contribution is -2.44. The zero-order valence-electron chi connectivity index (χ0n) is 9.92. The molecule has 1 rings (SSSR count). The molecular weight excluding hydrogens is 271 g/mol. The molecule has 0 saturated carbocycles. The topological polar surface area (TPSA) is 70.6 Å². The van der Waals surface area contributed by atoms with E-state index in [-0.39, 0.29) is 30.1 Å². The molecule has 9 heteroatoms. The normalized spacial score (nSPS) is 24.0. The third-order valence-electron chi connectivity index (χ3n) is 2.50. The summed E-state index contributed by atoms with van der Waals surface area (Å²) in [6.45, 7) is -0.289. The molecule has 18 heavy (non-hydrogen) atoms. The molecule has 1 aliphatic heterocycles. The Balaban J connectivity index is 2.35. The summed E-state index contributed by atoms with van der Waals surface area (Å²) in [5, 5.41) is 5.30. The van der Waals surface area contributed by atoms with Crippen LogP contribution in [-0.2, 0) is 9.84 Å². The van der Waals surface area contributed by atoms with Crippen molar-refractivity contribution in [2.45, 2.75) is 25.1 Å². The van der Waals surface area contributed by atoms with E-state index >= 15 is 0 Å². The van der Waals surface area contributed by atoms with Crippen LogP contribution in [0, 0.1) is 0 Å². The largest absolute Gasteiger partial charge is 0.390 e. The molecule has 1 heterocycles. The monoisotopic (exact) mass is 287 g/mol. The lowest BCUT2D eigenvalue weighted by molar-refractivity contribution is -0.132. The summed E-state index contributed by atoms with van der Waals surface area (Å²) in [4.78, 5) is 3.75. The van der Waals surface area contributed by atoms with E-state index in [9.17, 15) is 21.6 Å². The number of rotatable bonds is 3. The fourth-order valence-electron chi connectivity index (χ4n) is 1.62. The first-order chi connectivity index (χ1) is 8.22. The molecular formula is C9H16F3N3O2S. The summed E-state index contributed by atoms with van der Waals surface area (Å²) in [6.07, 6.45) is -4.73. The number of nitrogens with zero attached hydrogens (tertiary/aromatic N) is 1. The summed E-state index contributed by atoms with van der Waals surface area (Å²) in [6, 6.07) is -0.285. The van der Waals surface area contributed by atoms with Gasteiger partial charge in [-0.05, 0) is 6.42 Å². The summed E-state index contributed by atoms with van der Waals surface area (Å²) in [5.41, 5.74) is 0. The first-order valence-corrected chi connectivity index (χ1v) is 7.28. The van der Waals surface area contributed by atoms with E-state index in [1.165, 1.54) is 7.05 Å². The first kappa shape index (κ1) is 15.1. The molecule has 1 unspecified atom stereocenters. The van der Waals surface area contributed by atoms with Gasteiger partial charge in [0.05, 0.1) is 17.9 Å². The number of nitrogens with one attached hydrogen (secondary N) is 2. The SMILES string of the molecule is CN=C(NCCC(F)(F)F)NC1CCS(=O)(=O)C1. The average molecular weight is 287 g/mol. The Morgan fingerprint density at radius 3 is 2.56 bits per heavy atom. The molecule has 1 atom stereocenters. The van der Waals surface area contributed by atoms with Crippen molar-refractivity contribution in [2.24, 2.45) is 4.99 Å². The number of aliphatic imine (C=N–C) groups is 1. The van der Waals surface area contributed by atoms with E-state index in [0.717, 1.165) is 0 Å². The Bertz CT molecular complexity index is 406. The average Bonchev–Trinajstić information content (AvgIpc) is 2.55. The van der Waals surface area contributed by atoms with Gasteiger partial charge in [0.25, 0.3) is 0 Å². The number of alkyl halides is 3. The Hall–Kier alpha value is -0.990. The van der Waals surface area contributed by atoms with Gasteiger partial charge in [-0.25, -0.2) is 8.42 Å². The van der Waals surface area contributed by atoms with Crippen LogP contribution in [0.25, 0.3) is 0 Å². The van der Waals surface area contributed by atoms with Crippen LogP contribution in [0.5, 0.6) is 0 Å². The highest BCUT2D eigenvalue weighted by Gasteiger charge is 2.29. The maximum atomic E-state index is 11.9. The lowest BCUT2D eigenvalue weighted by Gasteiger charge is -2.16. The minimum absolute atomic E-state index is 0.00697. The van der Waals surface area contributed by atoms with E-state index in [2.05, 4.69) is 15.6 Å². The summed E-state index contributed by atoms with van der Waals surface area (Å²) < 4.78 is 58.2. The van der Waals surface area contributed by atoms with Gasteiger partial charge < -0.3 is 10.6 Å². The minimum atomic E-state index is -4.22. The van der Waals surface area contributed by atoms with Gasteiger partial charge in [0.1, 0.15) is 0 Å². The highest BCUT2D eigenvalue weighted by Crippen LogP contribution is 2.18. The van der Waals surface area contributed by atoms with Crippen LogP contribution in [0.15, 0.2) is 4.99 Å². The molecule has 0 aromatic carbocycles. The third-order valence-corrected chi connectivity index (χ3v) is 4.27. The highest BCUT2D eigenvalue weighted by atomic mass is 32.2. The second-order valence-corrected chi connectivity index (χ2v) is 6.34. The van der Waals surface area contributed by atoms with Crippen molar-refractivity contribution in [1.82, 2.24) is 10.6 Å². The van der Waals surface area contributed by atoms with Gasteiger partial charge in [-0.2, -0.15) is 13.2 Å². The number of halogens is 3. The molecule has 106 valence electrons. The van der Waals surface area contributed by atoms with Crippen molar-refractivity contribution >= 4 is 15.8 Å². The number of hydrogen-bond donors (Lipinski definition) is 2. The molecule has 2 N–H and O–H groups in total. The molecule has 0 bridgehead atoms. The fourth-order valence-corrected chi connectivity index (χ4v) is 3.29. The fraction of sp³-hybridized carbons (Fsp3) is 0.889. The van der Waals surface area contributed by atoms with Gasteiger partial charge in [-0.3, -0.25) is 4.99 Å². The van der Waals surface area contributed by atoms with E-state index in [4.69, 9.17) is 0 Å². The van der Waals surface area contributed by atoms with E-state index in [1.807, 2.05) is 0 Å². The van der Waals surface area contributed by atoms with Crippen LogP contribution in [0.4, 0.5) is 13.2 Å². The molecule has 0 amide bonds. The first-order valence-electron chi connectivity index (χ1n) is 5.46. The van der Waals surface area contributed by atoms with Gasteiger partial charge in [-0.1, -0.05) is 0 Å². The number of sulfone groups is 1. The maximum Gasteiger partial charge on any atom is 0.390 e. The zero-order valence-corrected chi connectivity index (χ0v) is 10.7.